The van der Waals surface area contributed by atoms with Gasteiger partial charge >= 0.3 is 0 Å². The molecule has 2 rings (SSSR count). The molecule has 1 aromatic carbocycles. The second-order valence-electron chi connectivity index (χ2n) is 5.85. The zero-order valence-corrected chi connectivity index (χ0v) is 12.1. The third kappa shape index (κ3) is 5.10. The van der Waals surface area contributed by atoms with Crippen molar-refractivity contribution in [2.24, 2.45) is 0 Å². The molecule has 0 saturated carbocycles. The summed E-state index contributed by atoms with van der Waals surface area (Å²) in [5, 5.41) is 10.0. The minimum absolute atomic E-state index is 0.242. The summed E-state index contributed by atoms with van der Waals surface area (Å²) in [5.74, 6) is 0.471. The summed E-state index contributed by atoms with van der Waals surface area (Å²) in [6.45, 7) is 5.54. The van der Waals surface area contributed by atoms with E-state index < -0.39 is 5.60 Å². The fourth-order valence-corrected chi connectivity index (χ4v) is 2.55. The quantitative estimate of drug-likeness (QED) is 0.842. The highest BCUT2D eigenvalue weighted by Crippen LogP contribution is 2.21. The van der Waals surface area contributed by atoms with Crippen LogP contribution in [0.5, 0.6) is 5.75 Å². The maximum atomic E-state index is 12.7. The van der Waals surface area contributed by atoms with Crippen molar-refractivity contribution in [3.8, 4) is 5.75 Å². The molecule has 20 heavy (non-hydrogen) atoms. The lowest BCUT2D eigenvalue weighted by Crippen LogP contribution is -2.29. The van der Waals surface area contributed by atoms with Crippen molar-refractivity contribution in [3.63, 3.8) is 0 Å². The normalized spacial score (nSPS) is 24.4. The first-order valence-corrected chi connectivity index (χ1v) is 7.38. The molecular weight excluding hydrogens is 257 g/mol. The van der Waals surface area contributed by atoms with Crippen molar-refractivity contribution in [2.45, 2.75) is 38.2 Å². The van der Waals surface area contributed by atoms with Crippen LogP contribution in [-0.4, -0.2) is 41.8 Å². The predicted octanol–water partition coefficient (Wildman–Crippen LogP) is 2.83. The van der Waals surface area contributed by atoms with Gasteiger partial charge in [-0.25, -0.2) is 4.39 Å². The third-order valence-electron chi connectivity index (χ3n) is 3.86. The summed E-state index contributed by atoms with van der Waals surface area (Å²) in [6.07, 6.45) is 3.72. The Kier molecular flexibility index (Phi) is 5.38. The van der Waals surface area contributed by atoms with Gasteiger partial charge in [-0.2, -0.15) is 0 Å². The van der Waals surface area contributed by atoms with Crippen molar-refractivity contribution < 1.29 is 14.2 Å². The average molecular weight is 281 g/mol. The first kappa shape index (κ1) is 15.3. The lowest BCUT2D eigenvalue weighted by Gasteiger charge is -2.22. The highest BCUT2D eigenvalue weighted by atomic mass is 19.1. The summed E-state index contributed by atoms with van der Waals surface area (Å²) in [7, 11) is 0. The van der Waals surface area contributed by atoms with Gasteiger partial charge in [0.05, 0.1) is 12.2 Å². The van der Waals surface area contributed by atoms with Crippen LogP contribution in [0.25, 0.3) is 0 Å². The molecule has 0 bridgehead atoms. The lowest BCUT2D eigenvalue weighted by atomic mass is 9.98. The molecule has 1 aliphatic rings. The highest BCUT2D eigenvalue weighted by Gasteiger charge is 2.24. The van der Waals surface area contributed by atoms with Crippen LogP contribution in [0.1, 0.15) is 32.6 Å². The second kappa shape index (κ2) is 7.04. The second-order valence-corrected chi connectivity index (χ2v) is 5.85. The Hall–Kier alpha value is -1.13. The third-order valence-corrected chi connectivity index (χ3v) is 3.86. The van der Waals surface area contributed by atoms with E-state index in [1.54, 1.807) is 12.1 Å². The number of hydrogen-bond acceptors (Lipinski definition) is 3. The standard InChI is InChI=1S/C16H24FNO2/c1-16(19)8-2-10-18(12-9-16)11-3-13-20-15-6-4-14(17)5-7-15/h4-7,19H,2-3,8-13H2,1H3. The zero-order valence-electron chi connectivity index (χ0n) is 12.1. The Morgan fingerprint density at radius 3 is 2.75 bits per heavy atom. The van der Waals surface area contributed by atoms with Gasteiger partial charge in [0.15, 0.2) is 0 Å². The van der Waals surface area contributed by atoms with Crippen LogP contribution in [0.15, 0.2) is 24.3 Å². The Morgan fingerprint density at radius 1 is 1.25 bits per heavy atom. The molecule has 0 aliphatic carbocycles. The number of nitrogens with zero attached hydrogens (tertiary/aromatic N) is 1. The molecule has 0 amide bonds. The summed E-state index contributed by atoms with van der Waals surface area (Å²) in [6, 6.07) is 6.12. The van der Waals surface area contributed by atoms with Crippen molar-refractivity contribution >= 4 is 0 Å². The topological polar surface area (TPSA) is 32.7 Å². The van der Waals surface area contributed by atoms with E-state index in [1.807, 2.05) is 6.92 Å². The Balaban J connectivity index is 1.64. The molecule has 0 spiro atoms. The van der Waals surface area contributed by atoms with Gasteiger partial charge in [0.2, 0.25) is 0 Å². The van der Waals surface area contributed by atoms with Gasteiger partial charge in [-0.1, -0.05) is 0 Å². The van der Waals surface area contributed by atoms with Crippen molar-refractivity contribution in [3.05, 3.63) is 30.1 Å². The summed E-state index contributed by atoms with van der Waals surface area (Å²) in [4.78, 5) is 2.38. The Labute approximate surface area is 120 Å². The molecule has 1 atom stereocenters. The smallest absolute Gasteiger partial charge is 0.123 e. The SMILES string of the molecule is CC1(O)CCCN(CCCOc2ccc(F)cc2)CC1. The number of halogens is 1. The largest absolute Gasteiger partial charge is 0.494 e. The maximum absolute atomic E-state index is 12.7. The average Bonchev–Trinajstić information content (AvgIpc) is 2.58. The molecule has 1 fully saturated rings. The predicted molar refractivity (Wildman–Crippen MR) is 77.4 cm³/mol. The van der Waals surface area contributed by atoms with Crippen LogP contribution in [0.2, 0.25) is 0 Å². The number of ether oxygens (including phenoxy) is 1. The van der Waals surface area contributed by atoms with E-state index >= 15 is 0 Å². The Morgan fingerprint density at radius 2 is 2.00 bits per heavy atom. The minimum Gasteiger partial charge on any atom is -0.494 e. The summed E-state index contributed by atoms with van der Waals surface area (Å²) < 4.78 is 18.3. The van der Waals surface area contributed by atoms with Gasteiger partial charge in [-0.15, -0.1) is 0 Å². The molecular formula is C16H24FNO2. The van der Waals surface area contributed by atoms with Crippen LogP contribution >= 0.6 is 0 Å². The van der Waals surface area contributed by atoms with E-state index in [4.69, 9.17) is 4.74 Å². The zero-order chi connectivity index (χ0) is 14.4. The van der Waals surface area contributed by atoms with Crippen molar-refractivity contribution in [1.29, 1.82) is 0 Å². The highest BCUT2D eigenvalue weighted by molar-refractivity contribution is 5.21. The first-order chi connectivity index (χ1) is 9.55. The fraction of sp³-hybridized carbons (Fsp3) is 0.625. The number of likely N-dealkylation sites (tertiary alicyclic amines) is 1. The molecule has 4 heteroatoms. The molecule has 0 radical (unpaired) electrons. The number of hydrogen-bond donors (Lipinski definition) is 1. The van der Waals surface area contributed by atoms with Crippen molar-refractivity contribution in [2.75, 3.05) is 26.2 Å². The first-order valence-electron chi connectivity index (χ1n) is 7.38. The molecule has 1 aromatic rings. The van der Waals surface area contributed by atoms with Gasteiger partial charge in [-0.05, 0) is 63.4 Å². The van der Waals surface area contributed by atoms with Gasteiger partial charge < -0.3 is 14.7 Å². The Bertz CT molecular complexity index is 405. The molecule has 1 aliphatic heterocycles. The molecule has 0 aromatic heterocycles. The van der Waals surface area contributed by atoms with E-state index in [-0.39, 0.29) is 5.82 Å². The molecule has 1 unspecified atom stereocenters. The van der Waals surface area contributed by atoms with Crippen molar-refractivity contribution in [1.82, 2.24) is 4.90 Å². The molecule has 1 saturated heterocycles. The molecule has 1 N–H and O–H groups in total. The maximum Gasteiger partial charge on any atom is 0.123 e. The fourth-order valence-electron chi connectivity index (χ4n) is 2.55. The van der Waals surface area contributed by atoms with E-state index in [2.05, 4.69) is 4.90 Å². The van der Waals surface area contributed by atoms with Gasteiger partial charge in [-0.3, -0.25) is 0 Å². The van der Waals surface area contributed by atoms with Crippen LogP contribution in [0, 0.1) is 5.82 Å². The molecule has 112 valence electrons. The number of benzene rings is 1. The van der Waals surface area contributed by atoms with Crippen LogP contribution < -0.4 is 4.74 Å². The molecule has 3 nitrogen and oxygen atoms in total. The monoisotopic (exact) mass is 281 g/mol. The van der Waals surface area contributed by atoms with E-state index in [1.165, 1.54) is 12.1 Å². The summed E-state index contributed by atoms with van der Waals surface area (Å²) in [5.41, 5.74) is -0.501. The lowest BCUT2D eigenvalue weighted by molar-refractivity contribution is 0.0445. The van der Waals surface area contributed by atoms with Gasteiger partial charge in [0.25, 0.3) is 0 Å². The van der Waals surface area contributed by atoms with Gasteiger partial charge in [0.1, 0.15) is 11.6 Å². The van der Waals surface area contributed by atoms with Crippen LogP contribution in [0.3, 0.4) is 0 Å². The van der Waals surface area contributed by atoms with Gasteiger partial charge in [0, 0.05) is 13.1 Å². The van der Waals surface area contributed by atoms with Crippen LogP contribution in [-0.2, 0) is 0 Å². The van der Waals surface area contributed by atoms with E-state index in [9.17, 15) is 9.50 Å². The van der Waals surface area contributed by atoms with Crippen LogP contribution in [0.4, 0.5) is 4.39 Å². The summed E-state index contributed by atoms with van der Waals surface area (Å²) >= 11 is 0. The van der Waals surface area contributed by atoms with E-state index in [0.29, 0.717) is 12.4 Å². The molecule has 1 heterocycles. The van der Waals surface area contributed by atoms with E-state index in [0.717, 1.165) is 45.3 Å². The number of rotatable bonds is 5. The minimum atomic E-state index is -0.501. The number of aliphatic hydroxyl groups is 1.